The molecule has 1 unspecified atom stereocenters. The SMILES string of the molecule is CCCC(NOC(C)(C)C)c1cccc([N+](=O)[O-])c1. The molecule has 1 atom stereocenters. The van der Waals surface area contributed by atoms with E-state index in [2.05, 4.69) is 12.4 Å². The van der Waals surface area contributed by atoms with Crippen LogP contribution in [0.1, 0.15) is 52.1 Å². The topological polar surface area (TPSA) is 64.4 Å². The Morgan fingerprint density at radius 2 is 2.11 bits per heavy atom. The van der Waals surface area contributed by atoms with Crippen LogP contribution in [0.15, 0.2) is 24.3 Å². The molecule has 0 bridgehead atoms. The van der Waals surface area contributed by atoms with Gasteiger partial charge in [0.25, 0.3) is 5.69 Å². The zero-order chi connectivity index (χ0) is 14.5. The third-order valence-electron chi connectivity index (χ3n) is 2.57. The van der Waals surface area contributed by atoms with Crippen LogP contribution >= 0.6 is 0 Å². The third-order valence-corrected chi connectivity index (χ3v) is 2.57. The third kappa shape index (κ3) is 5.36. The fourth-order valence-electron chi connectivity index (χ4n) is 1.69. The second-order valence-electron chi connectivity index (χ2n) is 5.53. The van der Waals surface area contributed by atoms with Gasteiger partial charge in [0.05, 0.1) is 16.6 Å². The van der Waals surface area contributed by atoms with Crippen LogP contribution in [0.3, 0.4) is 0 Å². The molecule has 0 amide bonds. The van der Waals surface area contributed by atoms with E-state index in [-0.39, 0.29) is 22.3 Å². The molecular formula is C14H22N2O3. The van der Waals surface area contributed by atoms with E-state index in [1.807, 2.05) is 26.8 Å². The van der Waals surface area contributed by atoms with Gasteiger partial charge in [-0.3, -0.25) is 15.0 Å². The van der Waals surface area contributed by atoms with Crippen LogP contribution in [0.2, 0.25) is 0 Å². The molecule has 0 radical (unpaired) electrons. The first kappa shape index (κ1) is 15.6. The van der Waals surface area contributed by atoms with Gasteiger partial charge in [-0.1, -0.05) is 25.5 Å². The van der Waals surface area contributed by atoms with Crippen molar-refractivity contribution in [2.45, 2.75) is 52.2 Å². The Labute approximate surface area is 114 Å². The number of nitrogens with zero attached hydrogens (tertiary/aromatic N) is 1. The summed E-state index contributed by atoms with van der Waals surface area (Å²) < 4.78 is 0. The Kier molecular flexibility index (Phi) is 5.44. The largest absolute Gasteiger partial charge is 0.296 e. The normalized spacial score (nSPS) is 13.3. The minimum Gasteiger partial charge on any atom is -0.296 e. The van der Waals surface area contributed by atoms with Crippen LogP contribution in [-0.4, -0.2) is 10.5 Å². The van der Waals surface area contributed by atoms with Crippen LogP contribution in [-0.2, 0) is 4.84 Å². The molecule has 0 aliphatic carbocycles. The van der Waals surface area contributed by atoms with Crippen molar-refractivity contribution < 1.29 is 9.76 Å². The average Bonchev–Trinajstić information content (AvgIpc) is 2.33. The second-order valence-corrected chi connectivity index (χ2v) is 5.53. The number of hydrogen-bond donors (Lipinski definition) is 1. The molecule has 19 heavy (non-hydrogen) atoms. The van der Waals surface area contributed by atoms with Crippen LogP contribution in [0, 0.1) is 10.1 Å². The number of nitro groups is 1. The van der Waals surface area contributed by atoms with Crippen LogP contribution in [0.5, 0.6) is 0 Å². The highest BCUT2D eigenvalue weighted by atomic mass is 16.7. The lowest BCUT2D eigenvalue weighted by Crippen LogP contribution is -2.32. The number of hydrogen-bond acceptors (Lipinski definition) is 4. The van der Waals surface area contributed by atoms with E-state index in [1.165, 1.54) is 6.07 Å². The molecule has 1 N–H and O–H groups in total. The monoisotopic (exact) mass is 266 g/mol. The van der Waals surface area contributed by atoms with Crippen molar-refractivity contribution in [3.05, 3.63) is 39.9 Å². The highest BCUT2D eigenvalue weighted by molar-refractivity contribution is 5.35. The fourth-order valence-corrected chi connectivity index (χ4v) is 1.69. The summed E-state index contributed by atoms with van der Waals surface area (Å²) in [5.74, 6) is 0. The molecule has 106 valence electrons. The van der Waals surface area contributed by atoms with Crippen LogP contribution < -0.4 is 5.48 Å². The first-order valence-corrected chi connectivity index (χ1v) is 6.51. The molecule has 5 heteroatoms. The predicted molar refractivity (Wildman–Crippen MR) is 74.7 cm³/mol. The summed E-state index contributed by atoms with van der Waals surface area (Å²) in [6.45, 7) is 7.94. The Balaban J connectivity index is 2.86. The van der Waals surface area contributed by atoms with Gasteiger partial charge in [-0.05, 0) is 32.8 Å². The van der Waals surface area contributed by atoms with Crippen molar-refractivity contribution >= 4 is 5.69 Å². The molecule has 5 nitrogen and oxygen atoms in total. The number of nitrogens with one attached hydrogen (secondary N) is 1. The molecule has 0 fully saturated rings. The molecule has 0 heterocycles. The first-order valence-electron chi connectivity index (χ1n) is 6.51. The van der Waals surface area contributed by atoms with E-state index in [0.717, 1.165) is 18.4 Å². The quantitative estimate of drug-likeness (QED) is 0.629. The summed E-state index contributed by atoms with van der Waals surface area (Å²) in [5.41, 5.74) is 3.70. The van der Waals surface area contributed by atoms with E-state index >= 15 is 0 Å². The molecule has 1 rings (SSSR count). The van der Waals surface area contributed by atoms with E-state index in [4.69, 9.17) is 4.84 Å². The van der Waals surface area contributed by atoms with Crippen molar-refractivity contribution in [1.29, 1.82) is 0 Å². The zero-order valence-electron chi connectivity index (χ0n) is 12.0. The van der Waals surface area contributed by atoms with Crippen LogP contribution in [0.4, 0.5) is 5.69 Å². The predicted octanol–water partition coefficient (Wildman–Crippen LogP) is 3.76. The highest BCUT2D eigenvalue weighted by Crippen LogP contribution is 2.23. The highest BCUT2D eigenvalue weighted by Gasteiger charge is 2.18. The van der Waals surface area contributed by atoms with E-state index in [9.17, 15) is 10.1 Å². The minimum atomic E-state index is -0.378. The maximum atomic E-state index is 10.8. The van der Waals surface area contributed by atoms with Gasteiger partial charge < -0.3 is 0 Å². The minimum absolute atomic E-state index is 0.0378. The van der Waals surface area contributed by atoms with Crippen molar-refractivity contribution in [2.24, 2.45) is 0 Å². The number of non-ortho nitro benzene ring substituents is 1. The average molecular weight is 266 g/mol. The number of nitro benzene ring substituents is 1. The van der Waals surface area contributed by atoms with Gasteiger partial charge >= 0.3 is 0 Å². The second kappa shape index (κ2) is 6.63. The molecule has 0 aliphatic rings. The van der Waals surface area contributed by atoms with Crippen LogP contribution in [0.25, 0.3) is 0 Å². The lowest BCUT2D eigenvalue weighted by Gasteiger charge is -2.25. The Hall–Kier alpha value is -1.46. The molecule has 0 saturated carbocycles. The van der Waals surface area contributed by atoms with Gasteiger partial charge in [-0.2, -0.15) is 5.48 Å². The lowest BCUT2D eigenvalue weighted by molar-refractivity contribution is -0.384. The zero-order valence-corrected chi connectivity index (χ0v) is 12.0. The molecule has 0 spiro atoms. The van der Waals surface area contributed by atoms with Gasteiger partial charge in [0.2, 0.25) is 0 Å². The molecular weight excluding hydrogens is 244 g/mol. The van der Waals surface area contributed by atoms with Crippen molar-refractivity contribution in [1.82, 2.24) is 5.48 Å². The lowest BCUT2D eigenvalue weighted by atomic mass is 10.0. The fraction of sp³-hybridized carbons (Fsp3) is 0.571. The maximum absolute atomic E-state index is 10.8. The maximum Gasteiger partial charge on any atom is 0.269 e. The number of hydroxylamine groups is 1. The molecule has 1 aromatic carbocycles. The standard InChI is InChI=1S/C14H22N2O3/c1-5-7-13(15-19-14(2,3)4)11-8-6-9-12(10-11)16(17)18/h6,8-10,13,15H,5,7H2,1-4H3. The van der Waals surface area contributed by atoms with E-state index < -0.39 is 0 Å². The first-order chi connectivity index (χ1) is 8.83. The summed E-state index contributed by atoms with van der Waals surface area (Å²) in [6, 6.07) is 6.64. The summed E-state index contributed by atoms with van der Waals surface area (Å²) in [5, 5.41) is 10.8. The number of benzene rings is 1. The molecule has 1 aromatic rings. The summed E-state index contributed by atoms with van der Waals surface area (Å²) in [7, 11) is 0. The number of rotatable bonds is 6. The van der Waals surface area contributed by atoms with Crippen molar-refractivity contribution in [3.63, 3.8) is 0 Å². The van der Waals surface area contributed by atoms with Gasteiger partial charge in [0.1, 0.15) is 0 Å². The van der Waals surface area contributed by atoms with Gasteiger partial charge in [-0.25, -0.2) is 0 Å². The van der Waals surface area contributed by atoms with Crippen molar-refractivity contribution in [2.75, 3.05) is 0 Å². The Morgan fingerprint density at radius 1 is 1.42 bits per heavy atom. The molecule has 0 aliphatic heterocycles. The summed E-state index contributed by atoms with van der Waals surface area (Å²) in [4.78, 5) is 16.0. The Morgan fingerprint density at radius 3 is 2.63 bits per heavy atom. The van der Waals surface area contributed by atoms with Gasteiger partial charge in [-0.15, -0.1) is 0 Å². The van der Waals surface area contributed by atoms with Gasteiger partial charge in [0.15, 0.2) is 0 Å². The summed E-state index contributed by atoms with van der Waals surface area (Å²) in [6.07, 6.45) is 1.82. The Bertz CT molecular complexity index is 427. The van der Waals surface area contributed by atoms with Crippen molar-refractivity contribution in [3.8, 4) is 0 Å². The van der Waals surface area contributed by atoms with E-state index in [1.54, 1.807) is 12.1 Å². The van der Waals surface area contributed by atoms with Gasteiger partial charge in [0, 0.05) is 12.1 Å². The molecule has 0 saturated heterocycles. The molecule has 0 aromatic heterocycles. The van der Waals surface area contributed by atoms with E-state index in [0.29, 0.717) is 0 Å². The smallest absolute Gasteiger partial charge is 0.269 e. The summed E-state index contributed by atoms with van der Waals surface area (Å²) >= 11 is 0.